The Labute approximate surface area is 232 Å². The van der Waals surface area contributed by atoms with Gasteiger partial charge in [-0.2, -0.15) is 0 Å². The molecule has 0 saturated carbocycles. The lowest BCUT2D eigenvalue weighted by atomic mass is 9.73. The first-order valence-corrected chi connectivity index (χ1v) is 13.6. The summed E-state index contributed by atoms with van der Waals surface area (Å²) in [6.45, 7) is 1.02. The van der Waals surface area contributed by atoms with E-state index >= 15 is 0 Å². The van der Waals surface area contributed by atoms with Crippen LogP contribution in [0.4, 0.5) is 0 Å². The minimum atomic E-state index is -0.680. The van der Waals surface area contributed by atoms with Crippen LogP contribution in [0.25, 0.3) is 11.1 Å². The van der Waals surface area contributed by atoms with Crippen molar-refractivity contribution in [1.29, 1.82) is 0 Å². The van der Waals surface area contributed by atoms with Crippen LogP contribution in [0.5, 0.6) is 0 Å². The van der Waals surface area contributed by atoms with Gasteiger partial charge >= 0.3 is 0 Å². The zero-order valence-corrected chi connectivity index (χ0v) is 22.9. The summed E-state index contributed by atoms with van der Waals surface area (Å²) in [6.07, 6.45) is 12.0. The SMILES string of the molecule is COC1=CC=C(C(OCc2ccc(-c3cccc(CN)c3)cc2)(C2=CC=C(OC)CC2)c2ccccc2)CC1. The number of benzene rings is 3. The number of rotatable bonds is 10. The highest BCUT2D eigenvalue weighted by Crippen LogP contribution is 2.47. The summed E-state index contributed by atoms with van der Waals surface area (Å²) in [6, 6.07) is 27.7. The van der Waals surface area contributed by atoms with Gasteiger partial charge in [-0.15, -0.1) is 0 Å². The van der Waals surface area contributed by atoms with Crippen LogP contribution in [0.15, 0.2) is 126 Å². The summed E-state index contributed by atoms with van der Waals surface area (Å²) >= 11 is 0. The molecule has 0 heterocycles. The van der Waals surface area contributed by atoms with Crippen LogP contribution in [-0.2, 0) is 33.0 Å². The van der Waals surface area contributed by atoms with Crippen molar-refractivity contribution in [2.24, 2.45) is 5.73 Å². The fraction of sp³-hybridized carbons (Fsp3) is 0.257. The zero-order valence-electron chi connectivity index (χ0n) is 22.9. The van der Waals surface area contributed by atoms with Gasteiger partial charge in [0.15, 0.2) is 0 Å². The zero-order chi connectivity index (χ0) is 27.1. The highest BCUT2D eigenvalue weighted by atomic mass is 16.5. The van der Waals surface area contributed by atoms with Crippen LogP contribution in [0.1, 0.15) is 42.4 Å². The van der Waals surface area contributed by atoms with Crippen molar-refractivity contribution in [1.82, 2.24) is 0 Å². The van der Waals surface area contributed by atoms with Gasteiger partial charge in [0, 0.05) is 19.4 Å². The fourth-order valence-electron chi connectivity index (χ4n) is 5.54. The molecule has 5 rings (SSSR count). The van der Waals surface area contributed by atoms with Crippen LogP contribution < -0.4 is 5.73 Å². The molecule has 2 aliphatic rings. The minimum absolute atomic E-state index is 0.481. The van der Waals surface area contributed by atoms with E-state index in [0.717, 1.165) is 53.9 Å². The lowest BCUT2D eigenvalue weighted by Gasteiger charge is -2.41. The second-order valence-electron chi connectivity index (χ2n) is 10.00. The fourth-order valence-corrected chi connectivity index (χ4v) is 5.54. The van der Waals surface area contributed by atoms with Gasteiger partial charge in [0.2, 0.25) is 0 Å². The van der Waals surface area contributed by atoms with Gasteiger partial charge in [-0.3, -0.25) is 0 Å². The number of allylic oxidation sites excluding steroid dienone is 6. The monoisotopic (exact) mass is 519 g/mol. The van der Waals surface area contributed by atoms with Crippen molar-refractivity contribution < 1.29 is 14.2 Å². The molecule has 0 unspecified atom stereocenters. The Bertz CT molecular complexity index is 1360. The molecule has 0 spiro atoms. The number of methoxy groups -OCH3 is 2. The quantitative estimate of drug-likeness (QED) is 0.298. The highest BCUT2D eigenvalue weighted by Gasteiger charge is 2.41. The Morgan fingerprint density at radius 2 is 1.28 bits per heavy atom. The van der Waals surface area contributed by atoms with E-state index < -0.39 is 5.60 Å². The van der Waals surface area contributed by atoms with E-state index in [0.29, 0.717) is 13.2 Å². The summed E-state index contributed by atoms with van der Waals surface area (Å²) in [5.74, 6) is 1.99. The van der Waals surface area contributed by atoms with Crippen LogP contribution in [-0.4, -0.2) is 14.2 Å². The number of ether oxygens (including phenoxy) is 3. The molecule has 2 N–H and O–H groups in total. The first-order valence-electron chi connectivity index (χ1n) is 13.6. The molecular formula is C35H37NO3. The third kappa shape index (κ3) is 5.78. The van der Waals surface area contributed by atoms with E-state index in [1.165, 1.54) is 22.3 Å². The number of hydrogen-bond acceptors (Lipinski definition) is 4. The van der Waals surface area contributed by atoms with Crippen LogP contribution in [0, 0.1) is 0 Å². The molecule has 0 saturated heterocycles. The van der Waals surface area contributed by atoms with Gasteiger partial charge in [-0.25, -0.2) is 0 Å². The summed E-state index contributed by atoms with van der Waals surface area (Å²) in [4.78, 5) is 0. The van der Waals surface area contributed by atoms with Crippen molar-refractivity contribution in [2.75, 3.05) is 14.2 Å². The predicted octanol–water partition coefficient (Wildman–Crippen LogP) is 7.73. The molecule has 0 radical (unpaired) electrons. The Morgan fingerprint density at radius 1 is 0.641 bits per heavy atom. The van der Waals surface area contributed by atoms with Crippen LogP contribution >= 0.6 is 0 Å². The van der Waals surface area contributed by atoms with E-state index in [4.69, 9.17) is 19.9 Å². The van der Waals surface area contributed by atoms with Crippen molar-refractivity contribution in [3.8, 4) is 11.1 Å². The van der Waals surface area contributed by atoms with Gasteiger partial charge in [-0.05, 0) is 70.0 Å². The number of nitrogens with two attached hydrogens (primary N) is 1. The minimum Gasteiger partial charge on any atom is -0.501 e. The molecule has 0 fully saturated rings. The predicted molar refractivity (Wildman–Crippen MR) is 157 cm³/mol. The molecule has 0 bridgehead atoms. The molecule has 2 aliphatic carbocycles. The molecule has 39 heavy (non-hydrogen) atoms. The Hall–Kier alpha value is -3.86. The average molecular weight is 520 g/mol. The molecule has 4 nitrogen and oxygen atoms in total. The molecule has 0 atom stereocenters. The van der Waals surface area contributed by atoms with Gasteiger partial charge in [0.25, 0.3) is 0 Å². The lowest BCUT2D eigenvalue weighted by molar-refractivity contribution is -0.0114. The maximum Gasteiger partial charge on any atom is 0.136 e. The maximum atomic E-state index is 7.11. The summed E-state index contributed by atoms with van der Waals surface area (Å²) in [5, 5.41) is 0. The van der Waals surface area contributed by atoms with Crippen LogP contribution in [0.3, 0.4) is 0 Å². The average Bonchev–Trinajstić information content (AvgIpc) is 3.02. The molecule has 0 aliphatic heterocycles. The van der Waals surface area contributed by atoms with Crippen molar-refractivity contribution in [2.45, 2.75) is 44.4 Å². The Balaban J connectivity index is 1.52. The van der Waals surface area contributed by atoms with E-state index in [-0.39, 0.29) is 0 Å². The van der Waals surface area contributed by atoms with E-state index in [1.54, 1.807) is 14.2 Å². The summed E-state index contributed by atoms with van der Waals surface area (Å²) in [5.41, 5.74) is 13.4. The first-order chi connectivity index (χ1) is 19.2. The molecule has 3 aromatic carbocycles. The topological polar surface area (TPSA) is 53.7 Å². The molecule has 0 amide bonds. The molecule has 3 aromatic rings. The molecular weight excluding hydrogens is 482 g/mol. The third-order valence-corrected chi connectivity index (χ3v) is 7.74. The normalized spacial score (nSPS) is 15.6. The van der Waals surface area contributed by atoms with E-state index in [9.17, 15) is 0 Å². The largest absolute Gasteiger partial charge is 0.501 e. The molecule has 200 valence electrons. The standard InChI is InChI=1S/C35H37NO3/c1-37-33-19-15-31(16-20-33)35(30-9-4-3-5-10-30,32-17-21-34(38-2)22-18-32)39-25-26-11-13-28(14-12-26)29-8-6-7-27(23-29)24-36/h3-15,17,19,21,23H,16,18,20,22,24-25,36H2,1-2H3. The van der Waals surface area contributed by atoms with Crippen molar-refractivity contribution >= 4 is 0 Å². The van der Waals surface area contributed by atoms with E-state index in [1.807, 2.05) is 0 Å². The Morgan fingerprint density at radius 3 is 1.82 bits per heavy atom. The van der Waals surface area contributed by atoms with E-state index in [2.05, 4.69) is 103 Å². The first kappa shape index (κ1) is 26.7. The lowest BCUT2D eigenvalue weighted by Crippen LogP contribution is -2.36. The van der Waals surface area contributed by atoms with Gasteiger partial charge in [0.05, 0.1) is 32.3 Å². The molecule has 4 heteroatoms. The molecule has 0 aromatic heterocycles. The van der Waals surface area contributed by atoms with Crippen molar-refractivity contribution in [3.63, 3.8) is 0 Å². The summed E-state index contributed by atoms with van der Waals surface area (Å²) in [7, 11) is 3.48. The summed E-state index contributed by atoms with van der Waals surface area (Å²) < 4.78 is 18.2. The van der Waals surface area contributed by atoms with Crippen LogP contribution in [0.2, 0.25) is 0 Å². The second kappa shape index (κ2) is 12.3. The van der Waals surface area contributed by atoms with Gasteiger partial charge in [-0.1, -0.05) is 84.9 Å². The highest BCUT2D eigenvalue weighted by molar-refractivity contribution is 5.64. The van der Waals surface area contributed by atoms with Gasteiger partial charge < -0.3 is 19.9 Å². The van der Waals surface area contributed by atoms with Gasteiger partial charge in [0.1, 0.15) is 5.60 Å². The number of hydrogen-bond donors (Lipinski definition) is 1. The van der Waals surface area contributed by atoms with Crippen molar-refractivity contribution in [3.05, 3.63) is 143 Å². The Kier molecular flexibility index (Phi) is 8.45. The maximum absolute atomic E-state index is 7.11. The smallest absolute Gasteiger partial charge is 0.136 e. The third-order valence-electron chi connectivity index (χ3n) is 7.74. The second-order valence-corrected chi connectivity index (χ2v) is 10.00.